The fourth-order valence-electron chi connectivity index (χ4n) is 4.49. The minimum atomic E-state index is 0.0149. The smallest absolute Gasteiger partial charge is 0.223 e. The Kier molecular flexibility index (Phi) is 5.61. The van der Waals surface area contributed by atoms with E-state index in [2.05, 4.69) is 78.9 Å². The third-order valence-electron chi connectivity index (χ3n) is 6.26. The van der Waals surface area contributed by atoms with Crippen LogP contribution in [-0.2, 0) is 0 Å². The van der Waals surface area contributed by atoms with Crippen LogP contribution in [0.1, 0.15) is 23.6 Å². The van der Waals surface area contributed by atoms with Gasteiger partial charge >= 0.3 is 0 Å². The van der Waals surface area contributed by atoms with Gasteiger partial charge in [-0.3, -0.25) is 0 Å². The van der Waals surface area contributed by atoms with E-state index >= 15 is 0 Å². The van der Waals surface area contributed by atoms with E-state index < -0.39 is 0 Å². The first-order valence-electron chi connectivity index (χ1n) is 11.8. The van der Waals surface area contributed by atoms with Gasteiger partial charge in [-0.2, -0.15) is 5.10 Å². The van der Waals surface area contributed by atoms with Gasteiger partial charge in [0.2, 0.25) is 5.95 Å². The highest BCUT2D eigenvalue weighted by Crippen LogP contribution is 2.37. The second-order valence-corrected chi connectivity index (χ2v) is 8.56. The molecular formula is C31H24N4. The van der Waals surface area contributed by atoms with E-state index in [1.165, 1.54) is 5.56 Å². The molecule has 1 aromatic heterocycles. The van der Waals surface area contributed by atoms with Crippen molar-refractivity contribution in [2.24, 2.45) is 5.10 Å². The van der Waals surface area contributed by atoms with E-state index in [9.17, 15) is 0 Å². The molecule has 0 N–H and O–H groups in total. The van der Waals surface area contributed by atoms with Gasteiger partial charge in [-0.05, 0) is 17.2 Å². The summed E-state index contributed by atoms with van der Waals surface area (Å²) in [6.07, 6.45) is 0.785. The first kappa shape index (κ1) is 21.0. The SMILES string of the molecule is c1ccc(C2=NN(c3nc(-c4ccccc4)cc(-c4ccccc4)n3)[C@H](c3ccccc3)C2)cc1. The Morgan fingerprint density at radius 1 is 0.543 bits per heavy atom. The third-order valence-corrected chi connectivity index (χ3v) is 6.26. The molecule has 0 fully saturated rings. The predicted octanol–water partition coefficient (Wildman–Crippen LogP) is 7.17. The summed E-state index contributed by atoms with van der Waals surface area (Å²) in [5.41, 5.74) is 7.21. The molecule has 0 aliphatic carbocycles. The Labute approximate surface area is 205 Å². The van der Waals surface area contributed by atoms with Crippen molar-refractivity contribution in [3.05, 3.63) is 139 Å². The Bertz CT molecular complexity index is 1390. The molecule has 4 heteroatoms. The van der Waals surface area contributed by atoms with Gasteiger partial charge in [0, 0.05) is 17.5 Å². The molecule has 1 aliphatic rings. The van der Waals surface area contributed by atoms with E-state index in [1.807, 2.05) is 53.5 Å². The molecular weight excluding hydrogens is 428 g/mol. The normalized spacial score (nSPS) is 15.1. The molecule has 4 aromatic carbocycles. The minimum absolute atomic E-state index is 0.0149. The molecule has 1 atom stereocenters. The van der Waals surface area contributed by atoms with Gasteiger partial charge in [-0.15, -0.1) is 0 Å². The molecule has 4 nitrogen and oxygen atoms in total. The van der Waals surface area contributed by atoms with Crippen LogP contribution in [0.3, 0.4) is 0 Å². The van der Waals surface area contributed by atoms with Crippen molar-refractivity contribution in [3.8, 4) is 22.5 Å². The van der Waals surface area contributed by atoms with Gasteiger partial charge in [0.05, 0.1) is 23.1 Å². The summed E-state index contributed by atoms with van der Waals surface area (Å²) in [5.74, 6) is 0.602. The molecule has 0 spiro atoms. The molecule has 5 aromatic rings. The second kappa shape index (κ2) is 9.35. The summed E-state index contributed by atoms with van der Waals surface area (Å²) in [5, 5.41) is 7.08. The summed E-state index contributed by atoms with van der Waals surface area (Å²) in [6.45, 7) is 0. The van der Waals surface area contributed by atoms with Gasteiger partial charge in [0.1, 0.15) is 0 Å². The first-order chi connectivity index (χ1) is 17.3. The van der Waals surface area contributed by atoms with Crippen molar-refractivity contribution in [2.45, 2.75) is 12.5 Å². The topological polar surface area (TPSA) is 41.4 Å². The Morgan fingerprint density at radius 3 is 1.51 bits per heavy atom. The van der Waals surface area contributed by atoms with Crippen molar-refractivity contribution in [3.63, 3.8) is 0 Å². The van der Waals surface area contributed by atoms with Crippen LogP contribution in [0.15, 0.2) is 132 Å². The lowest BCUT2D eigenvalue weighted by atomic mass is 9.98. The zero-order valence-corrected chi connectivity index (χ0v) is 19.2. The number of benzene rings is 4. The van der Waals surface area contributed by atoms with E-state index in [4.69, 9.17) is 15.1 Å². The highest BCUT2D eigenvalue weighted by Gasteiger charge is 2.32. The quantitative estimate of drug-likeness (QED) is 0.284. The van der Waals surface area contributed by atoms with Crippen LogP contribution in [0.5, 0.6) is 0 Å². The Balaban J connectivity index is 1.52. The average Bonchev–Trinajstić information content (AvgIpc) is 3.41. The Morgan fingerprint density at radius 2 is 1.00 bits per heavy atom. The zero-order chi connectivity index (χ0) is 23.5. The number of rotatable bonds is 5. The molecule has 0 saturated heterocycles. The molecule has 35 heavy (non-hydrogen) atoms. The Hall–Kier alpha value is -4.57. The molecule has 1 aliphatic heterocycles. The van der Waals surface area contributed by atoms with Crippen LogP contribution in [0.2, 0.25) is 0 Å². The second-order valence-electron chi connectivity index (χ2n) is 8.56. The molecule has 0 bridgehead atoms. The molecule has 0 saturated carbocycles. The van der Waals surface area contributed by atoms with Crippen molar-refractivity contribution in [1.82, 2.24) is 9.97 Å². The summed E-state index contributed by atoms with van der Waals surface area (Å²) in [6, 6.07) is 43.4. The van der Waals surface area contributed by atoms with Gasteiger partial charge in [0.15, 0.2) is 0 Å². The van der Waals surface area contributed by atoms with Crippen LogP contribution >= 0.6 is 0 Å². The minimum Gasteiger partial charge on any atom is -0.223 e. The van der Waals surface area contributed by atoms with Gasteiger partial charge in [-0.25, -0.2) is 15.0 Å². The summed E-state index contributed by atoms with van der Waals surface area (Å²) in [4.78, 5) is 10.0. The average molecular weight is 453 g/mol. The van der Waals surface area contributed by atoms with Crippen molar-refractivity contribution in [2.75, 3.05) is 5.01 Å². The van der Waals surface area contributed by atoms with Crippen molar-refractivity contribution in [1.29, 1.82) is 0 Å². The fourth-order valence-corrected chi connectivity index (χ4v) is 4.49. The van der Waals surface area contributed by atoms with Crippen LogP contribution in [0.4, 0.5) is 5.95 Å². The van der Waals surface area contributed by atoms with Crippen LogP contribution in [-0.4, -0.2) is 15.7 Å². The largest absolute Gasteiger partial charge is 0.247 e. The summed E-state index contributed by atoms with van der Waals surface area (Å²) in [7, 11) is 0. The summed E-state index contributed by atoms with van der Waals surface area (Å²) < 4.78 is 0. The van der Waals surface area contributed by atoms with Gasteiger partial charge < -0.3 is 0 Å². The van der Waals surface area contributed by atoms with E-state index in [0.29, 0.717) is 5.95 Å². The molecule has 168 valence electrons. The summed E-state index contributed by atoms with van der Waals surface area (Å²) >= 11 is 0. The van der Waals surface area contributed by atoms with E-state index in [0.717, 1.165) is 40.2 Å². The van der Waals surface area contributed by atoms with Crippen LogP contribution in [0.25, 0.3) is 22.5 Å². The number of hydrogen-bond donors (Lipinski definition) is 0. The number of hydrogen-bond acceptors (Lipinski definition) is 4. The third kappa shape index (κ3) is 4.34. The van der Waals surface area contributed by atoms with Crippen LogP contribution < -0.4 is 5.01 Å². The molecule has 0 unspecified atom stereocenters. The molecule has 0 radical (unpaired) electrons. The first-order valence-corrected chi connectivity index (χ1v) is 11.8. The van der Waals surface area contributed by atoms with Gasteiger partial charge in [0.25, 0.3) is 0 Å². The zero-order valence-electron chi connectivity index (χ0n) is 19.2. The maximum absolute atomic E-state index is 5.08. The van der Waals surface area contributed by atoms with Crippen molar-refractivity contribution >= 4 is 11.7 Å². The fraction of sp³-hybridized carbons (Fsp3) is 0.0645. The maximum Gasteiger partial charge on any atom is 0.247 e. The maximum atomic E-state index is 5.08. The van der Waals surface area contributed by atoms with Crippen LogP contribution in [0, 0.1) is 0 Å². The van der Waals surface area contributed by atoms with Crippen molar-refractivity contribution < 1.29 is 0 Å². The predicted molar refractivity (Wildman–Crippen MR) is 142 cm³/mol. The number of hydrazone groups is 1. The molecule has 2 heterocycles. The van der Waals surface area contributed by atoms with Gasteiger partial charge in [-0.1, -0.05) is 121 Å². The number of anilines is 1. The highest BCUT2D eigenvalue weighted by molar-refractivity contribution is 6.03. The lowest BCUT2D eigenvalue weighted by Gasteiger charge is -2.23. The lowest BCUT2D eigenvalue weighted by molar-refractivity contribution is 0.687. The molecule has 0 amide bonds. The van der Waals surface area contributed by atoms with E-state index in [1.54, 1.807) is 0 Å². The highest BCUT2D eigenvalue weighted by atomic mass is 15.5. The monoisotopic (exact) mass is 452 g/mol. The standard InChI is InChI=1S/C31H24N4/c1-5-13-23(14-6-1)27-21-28(24-15-7-2-8-16-24)33-31(32-27)35-30(26-19-11-4-12-20-26)22-29(34-35)25-17-9-3-10-18-25/h1-21,30H,22H2/t30-/m0/s1. The number of aromatic nitrogens is 2. The van der Waals surface area contributed by atoms with E-state index in [-0.39, 0.29) is 6.04 Å². The number of nitrogens with zero attached hydrogens (tertiary/aromatic N) is 4. The molecule has 6 rings (SSSR count). The lowest BCUT2D eigenvalue weighted by Crippen LogP contribution is -2.21.